The number of hydrogen-bond acceptors (Lipinski definition) is 4. The van der Waals surface area contributed by atoms with Crippen molar-refractivity contribution in [2.45, 2.75) is 13.0 Å². The summed E-state index contributed by atoms with van der Waals surface area (Å²) < 4.78 is 0. The lowest BCUT2D eigenvalue weighted by molar-refractivity contribution is 0.281. The van der Waals surface area contributed by atoms with Crippen molar-refractivity contribution >= 4 is 5.82 Å². The van der Waals surface area contributed by atoms with Gasteiger partial charge in [-0.15, -0.1) is 0 Å². The Labute approximate surface area is 107 Å². The zero-order valence-corrected chi connectivity index (χ0v) is 10.5. The molecule has 0 unspecified atom stereocenters. The van der Waals surface area contributed by atoms with E-state index in [9.17, 15) is 5.11 Å². The van der Waals surface area contributed by atoms with E-state index >= 15 is 0 Å². The van der Waals surface area contributed by atoms with Crippen molar-refractivity contribution in [1.29, 1.82) is 0 Å². The predicted octanol–water partition coefficient (Wildman–Crippen LogP) is 1.65. The molecular weight excluding hydrogens is 226 g/mol. The molecule has 4 heteroatoms. The third-order valence-electron chi connectivity index (χ3n) is 2.88. The molecule has 0 bridgehead atoms. The molecular formula is C14H17N3O. The van der Waals surface area contributed by atoms with Gasteiger partial charge in [0.05, 0.1) is 6.61 Å². The van der Waals surface area contributed by atoms with E-state index in [2.05, 4.69) is 14.9 Å². The van der Waals surface area contributed by atoms with Crippen LogP contribution < -0.4 is 4.90 Å². The Kier molecular flexibility index (Phi) is 4.25. The van der Waals surface area contributed by atoms with Crippen LogP contribution in [-0.4, -0.2) is 28.7 Å². The normalized spacial score (nSPS) is 10.3. The van der Waals surface area contributed by atoms with Gasteiger partial charge in [0.2, 0.25) is 0 Å². The van der Waals surface area contributed by atoms with Crippen LogP contribution in [0.1, 0.15) is 11.1 Å². The zero-order valence-electron chi connectivity index (χ0n) is 10.5. The number of rotatable bonds is 5. The molecule has 4 nitrogen and oxygen atoms in total. The second-order valence-electron chi connectivity index (χ2n) is 4.17. The lowest BCUT2D eigenvalue weighted by Crippen LogP contribution is -2.22. The van der Waals surface area contributed by atoms with Crippen LogP contribution in [0.4, 0.5) is 5.82 Å². The lowest BCUT2D eigenvalue weighted by Gasteiger charge is -2.20. The quantitative estimate of drug-likeness (QED) is 0.867. The van der Waals surface area contributed by atoms with Crippen molar-refractivity contribution in [3.63, 3.8) is 0 Å². The number of anilines is 1. The highest BCUT2D eigenvalue weighted by Crippen LogP contribution is 2.15. The number of likely N-dealkylation sites (N-methyl/N-ethyl adjacent to an activating group) is 1. The van der Waals surface area contributed by atoms with Gasteiger partial charge in [0.25, 0.3) is 0 Å². The molecule has 0 aliphatic carbocycles. The van der Waals surface area contributed by atoms with Gasteiger partial charge in [-0.1, -0.05) is 6.07 Å². The van der Waals surface area contributed by atoms with Crippen molar-refractivity contribution in [2.24, 2.45) is 0 Å². The topological polar surface area (TPSA) is 49.2 Å². The maximum absolute atomic E-state index is 9.28. The van der Waals surface area contributed by atoms with Gasteiger partial charge in [-0.25, -0.2) is 4.98 Å². The van der Waals surface area contributed by atoms with Gasteiger partial charge in [-0.05, 0) is 30.2 Å². The van der Waals surface area contributed by atoms with Gasteiger partial charge in [0, 0.05) is 37.7 Å². The van der Waals surface area contributed by atoms with Crippen LogP contribution in [0.3, 0.4) is 0 Å². The van der Waals surface area contributed by atoms with E-state index in [1.165, 1.54) is 5.56 Å². The van der Waals surface area contributed by atoms with Crippen LogP contribution in [0.2, 0.25) is 0 Å². The number of aliphatic hydroxyl groups is 1. The largest absolute Gasteiger partial charge is 0.392 e. The molecule has 0 radical (unpaired) electrons. The molecule has 1 N–H and O–H groups in total. The highest BCUT2D eigenvalue weighted by molar-refractivity contribution is 5.45. The standard InChI is InChI=1S/C14H17N3O/c1-17(10-6-12-4-8-15-9-5-12)14-13(11-18)3-2-7-16-14/h2-5,7-9,18H,6,10-11H2,1H3. The van der Waals surface area contributed by atoms with Crippen molar-refractivity contribution < 1.29 is 5.11 Å². The smallest absolute Gasteiger partial charge is 0.133 e. The van der Waals surface area contributed by atoms with E-state index in [1.807, 2.05) is 31.3 Å². The molecule has 2 aromatic heterocycles. The second kappa shape index (κ2) is 6.12. The van der Waals surface area contributed by atoms with Crippen LogP contribution in [-0.2, 0) is 13.0 Å². The highest BCUT2D eigenvalue weighted by Gasteiger charge is 2.07. The fraction of sp³-hybridized carbons (Fsp3) is 0.286. The molecule has 0 amide bonds. The molecule has 0 fully saturated rings. The summed E-state index contributed by atoms with van der Waals surface area (Å²) in [5.41, 5.74) is 2.10. The Balaban J connectivity index is 2.01. The predicted molar refractivity (Wildman–Crippen MR) is 71.4 cm³/mol. The fourth-order valence-electron chi connectivity index (χ4n) is 1.85. The number of hydrogen-bond donors (Lipinski definition) is 1. The molecule has 2 aromatic rings. The molecule has 0 aliphatic heterocycles. The SMILES string of the molecule is CN(CCc1ccncc1)c1ncccc1CO. The fourth-order valence-corrected chi connectivity index (χ4v) is 1.85. The Morgan fingerprint density at radius 2 is 1.94 bits per heavy atom. The minimum atomic E-state index is 0.0166. The molecule has 2 heterocycles. The minimum absolute atomic E-state index is 0.0166. The number of nitrogens with zero attached hydrogens (tertiary/aromatic N) is 3. The van der Waals surface area contributed by atoms with Gasteiger partial charge in [0.1, 0.15) is 5.82 Å². The summed E-state index contributed by atoms with van der Waals surface area (Å²) >= 11 is 0. The summed E-state index contributed by atoms with van der Waals surface area (Å²) in [4.78, 5) is 10.4. The van der Waals surface area contributed by atoms with Crippen molar-refractivity contribution in [1.82, 2.24) is 9.97 Å². The summed E-state index contributed by atoms with van der Waals surface area (Å²) in [5.74, 6) is 0.842. The molecule has 2 rings (SSSR count). The molecule has 0 aliphatic rings. The van der Waals surface area contributed by atoms with Crippen LogP contribution in [0, 0.1) is 0 Å². The first-order valence-electron chi connectivity index (χ1n) is 5.96. The summed E-state index contributed by atoms with van der Waals surface area (Å²) in [6.07, 6.45) is 6.28. The summed E-state index contributed by atoms with van der Waals surface area (Å²) in [6.45, 7) is 0.872. The second-order valence-corrected chi connectivity index (χ2v) is 4.17. The zero-order chi connectivity index (χ0) is 12.8. The molecule has 94 valence electrons. The first-order chi connectivity index (χ1) is 8.81. The van der Waals surface area contributed by atoms with Gasteiger partial charge >= 0.3 is 0 Å². The average Bonchev–Trinajstić information content (AvgIpc) is 2.45. The molecule has 0 saturated carbocycles. The molecule has 18 heavy (non-hydrogen) atoms. The number of pyridine rings is 2. The van der Waals surface area contributed by atoms with Crippen LogP contribution >= 0.6 is 0 Å². The van der Waals surface area contributed by atoms with E-state index in [4.69, 9.17) is 0 Å². The van der Waals surface area contributed by atoms with Gasteiger partial charge < -0.3 is 10.0 Å². The Morgan fingerprint density at radius 1 is 1.17 bits per heavy atom. The lowest BCUT2D eigenvalue weighted by atomic mass is 10.2. The Hall–Kier alpha value is -1.94. The van der Waals surface area contributed by atoms with Crippen molar-refractivity contribution in [3.05, 3.63) is 54.0 Å². The van der Waals surface area contributed by atoms with Gasteiger partial charge in [-0.2, -0.15) is 0 Å². The van der Waals surface area contributed by atoms with Gasteiger partial charge in [-0.3, -0.25) is 4.98 Å². The average molecular weight is 243 g/mol. The summed E-state index contributed by atoms with van der Waals surface area (Å²) in [7, 11) is 1.99. The van der Waals surface area contributed by atoms with Crippen LogP contribution in [0.15, 0.2) is 42.9 Å². The number of aliphatic hydroxyl groups excluding tert-OH is 1. The summed E-state index contributed by atoms with van der Waals surface area (Å²) in [5, 5.41) is 9.28. The molecule has 0 atom stereocenters. The maximum atomic E-state index is 9.28. The molecule has 0 aromatic carbocycles. The Bertz CT molecular complexity index is 487. The van der Waals surface area contributed by atoms with E-state index in [0.717, 1.165) is 24.3 Å². The van der Waals surface area contributed by atoms with E-state index in [-0.39, 0.29) is 6.61 Å². The summed E-state index contributed by atoms with van der Waals surface area (Å²) in [6, 6.07) is 7.76. The first-order valence-corrected chi connectivity index (χ1v) is 5.96. The van der Waals surface area contributed by atoms with Crippen molar-refractivity contribution in [3.8, 4) is 0 Å². The number of aromatic nitrogens is 2. The van der Waals surface area contributed by atoms with E-state index in [0.29, 0.717) is 0 Å². The van der Waals surface area contributed by atoms with E-state index < -0.39 is 0 Å². The maximum Gasteiger partial charge on any atom is 0.133 e. The first kappa shape index (κ1) is 12.5. The Morgan fingerprint density at radius 3 is 2.67 bits per heavy atom. The third kappa shape index (κ3) is 3.05. The van der Waals surface area contributed by atoms with Crippen LogP contribution in [0.5, 0.6) is 0 Å². The highest BCUT2D eigenvalue weighted by atomic mass is 16.3. The molecule has 0 saturated heterocycles. The monoisotopic (exact) mass is 243 g/mol. The minimum Gasteiger partial charge on any atom is -0.392 e. The molecule has 0 spiro atoms. The van der Waals surface area contributed by atoms with Crippen molar-refractivity contribution in [2.75, 3.05) is 18.5 Å². The van der Waals surface area contributed by atoms with Crippen LogP contribution in [0.25, 0.3) is 0 Å². The third-order valence-corrected chi connectivity index (χ3v) is 2.88. The van der Waals surface area contributed by atoms with Gasteiger partial charge in [0.15, 0.2) is 0 Å². The van der Waals surface area contributed by atoms with E-state index in [1.54, 1.807) is 18.6 Å².